The maximum atomic E-state index is 11.7. The van der Waals surface area contributed by atoms with Crippen molar-refractivity contribution in [3.05, 3.63) is 24.0 Å². The predicted molar refractivity (Wildman–Crippen MR) is 61.7 cm³/mol. The van der Waals surface area contributed by atoms with Gasteiger partial charge < -0.3 is 0 Å². The van der Waals surface area contributed by atoms with Gasteiger partial charge in [0.25, 0.3) is 0 Å². The Morgan fingerprint density at radius 1 is 1.39 bits per heavy atom. The van der Waals surface area contributed by atoms with Crippen molar-refractivity contribution >= 4 is 25.9 Å². The molecular formula is C10H14AsNO6. The predicted octanol–water partition coefficient (Wildman–Crippen LogP) is -0.814. The van der Waals surface area contributed by atoms with Crippen molar-refractivity contribution in [3.8, 4) is 0 Å². The van der Waals surface area contributed by atoms with Gasteiger partial charge in [-0.05, 0) is 0 Å². The second-order valence-electron chi connectivity index (χ2n) is 4.02. The molecule has 1 unspecified atom stereocenters. The van der Waals surface area contributed by atoms with Crippen LogP contribution in [0.4, 0.5) is 0 Å². The zero-order valence-corrected chi connectivity index (χ0v) is 11.7. The minimum atomic E-state index is -5.40. The van der Waals surface area contributed by atoms with E-state index >= 15 is 0 Å². The Balaban J connectivity index is 3.46. The van der Waals surface area contributed by atoms with Gasteiger partial charge in [-0.1, -0.05) is 0 Å². The molecule has 0 aromatic heterocycles. The maximum absolute atomic E-state index is 11.7. The third-order valence-corrected chi connectivity index (χ3v) is 5.38. The van der Waals surface area contributed by atoms with Gasteiger partial charge in [0.15, 0.2) is 0 Å². The first-order valence-electron chi connectivity index (χ1n) is 5.05. The topological polar surface area (TPSA) is 124 Å². The van der Waals surface area contributed by atoms with Crippen molar-refractivity contribution in [1.82, 2.24) is 5.32 Å². The van der Waals surface area contributed by atoms with Crippen LogP contribution in [0.25, 0.3) is 0 Å². The molecule has 0 bridgehead atoms. The number of carbonyl (C=O) groups excluding carboxylic acids is 2. The van der Waals surface area contributed by atoms with Gasteiger partial charge >= 0.3 is 106 Å². The van der Waals surface area contributed by atoms with E-state index in [1.165, 1.54) is 6.08 Å². The molecule has 0 saturated heterocycles. The fraction of sp³-hybridized carbons (Fsp3) is 0.400. The van der Waals surface area contributed by atoms with E-state index in [9.17, 15) is 26.6 Å². The van der Waals surface area contributed by atoms with Gasteiger partial charge in [-0.25, -0.2) is 0 Å². The number of aliphatic hydroxyl groups is 1. The summed E-state index contributed by atoms with van der Waals surface area (Å²) < 4.78 is 28.6. The van der Waals surface area contributed by atoms with Crippen LogP contribution < -0.4 is 5.32 Å². The van der Waals surface area contributed by atoms with Crippen molar-refractivity contribution in [2.45, 2.75) is 24.1 Å². The molecule has 1 aliphatic rings. The third-order valence-electron chi connectivity index (χ3n) is 2.69. The second kappa shape index (κ2) is 4.76. The van der Waals surface area contributed by atoms with Crippen LogP contribution in [0.15, 0.2) is 24.0 Å². The summed E-state index contributed by atoms with van der Waals surface area (Å²) in [4.78, 5) is 22.9. The van der Waals surface area contributed by atoms with E-state index < -0.39 is 41.9 Å². The molecule has 18 heavy (non-hydrogen) atoms. The van der Waals surface area contributed by atoms with Gasteiger partial charge in [0.05, 0.1) is 0 Å². The quantitative estimate of drug-likeness (QED) is 0.504. The Morgan fingerprint density at radius 3 is 2.33 bits per heavy atom. The van der Waals surface area contributed by atoms with Gasteiger partial charge in [-0.3, -0.25) is 0 Å². The molecule has 1 rings (SSSR count). The van der Waals surface area contributed by atoms with Crippen molar-refractivity contribution in [2.75, 3.05) is 0 Å². The van der Waals surface area contributed by atoms with E-state index in [0.717, 1.165) is 26.0 Å². The summed E-state index contributed by atoms with van der Waals surface area (Å²) >= 11 is -5.40. The zero-order valence-electron chi connectivity index (χ0n) is 9.82. The summed E-state index contributed by atoms with van der Waals surface area (Å²) in [5.41, 5.74) is -2.08. The Morgan fingerprint density at radius 2 is 1.94 bits per heavy atom. The molecule has 8 heteroatoms. The summed E-state index contributed by atoms with van der Waals surface area (Å²) in [5.74, 6) is -2.00. The first kappa shape index (κ1) is 14.8. The summed E-state index contributed by atoms with van der Waals surface area (Å²) in [6, 6.07) is 0. The van der Waals surface area contributed by atoms with Crippen molar-refractivity contribution in [2.24, 2.45) is 0 Å². The van der Waals surface area contributed by atoms with Crippen LogP contribution >= 0.6 is 0 Å². The number of Topliss-reactive ketones (excluding diaryl/α,β-unsaturated/α-hetero) is 1. The molecule has 100 valence electrons. The molecule has 1 aliphatic carbocycles. The van der Waals surface area contributed by atoms with Crippen molar-refractivity contribution in [1.29, 1.82) is 0 Å². The number of amides is 1. The Bertz CT molecular complexity index is 491. The number of allylic oxidation sites excluding steroid dienone is 2. The average molecular weight is 319 g/mol. The number of hydrogen-bond acceptors (Lipinski definition) is 4. The molecule has 0 spiro atoms. The molecule has 0 aromatic carbocycles. The normalized spacial score (nSPS) is 27.6. The van der Waals surface area contributed by atoms with Gasteiger partial charge in [0, 0.05) is 0 Å². The van der Waals surface area contributed by atoms with Crippen LogP contribution in [0.1, 0.15) is 13.8 Å². The number of aliphatic hydroxyl groups excluding tert-OH is 1. The molecule has 4 N–H and O–H groups in total. The molecular weight excluding hydrogens is 305 g/mol. The molecule has 0 saturated carbocycles. The van der Waals surface area contributed by atoms with Crippen molar-refractivity contribution < 1.29 is 26.6 Å². The molecule has 1 amide bonds. The molecule has 0 fully saturated rings. The monoisotopic (exact) mass is 319 g/mol. The van der Waals surface area contributed by atoms with Crippen molar-refractivity contribution in [3.63, 3.8) is 0 Å². The van der Waals surface area contributed by atoms with Gasteiger partial charge in [0.1, 0.15) is 0 Å². The third kappa shape index (κ3) is 2.43. The Kier molecular flexibility index (Phi) is 3.90. The first-order valence-corrected chi connectivity index (χ1v) is 8.58. The summed E-state index contributed by atoms with van der Waals surface area (Å²) in [5, 5.41) is 12.0. The van der Waals surface area contributed by atoms with E-state index in [0.29, 0.717) is 0 Å². The molecule has 0 radical (unpaired) electrons. The zero-order chi connectivity index (χ0) is 14.1. The Hall–Kier alpha value is -1.30. The van der Waals surface area contributed by atoms with Crippen LogP contribution in [0.2, 0.25) is 4.71 Å². The first-order chi connectivity index (χ1) is 8.12. The van der Waals surface area contributed by atoms with Crippen LogP contribution in [-0.4, -0.2) is 44.7 Å². The number of hydrogen-bond donors (Lipinski definition) is 4. The van der Waals surface area contributed by atoms with E-state index in [1.807, 2.05) is 0 Å². The van der Waals surface area contributed by atoms with Crippen LogP contribution in [0.5, 0.6) is 0 Å². The molecule has 7 nitrogen and oxygen atoms in total. The molecule has 0 aliphatic heterocycles. The van der Waals surface area contributed by atoms with Crippen LogP contribution in [0.3, 0.4) is 0 Å². The number of carbonyl (C=O) groups is 2. The van der Waals surface area contributed by atoms with E-state index in [1.54, 1.807) is 0 Å². The van der Waals surface area contributed by atoms with E-state index in [4.69, 9.17) is 0 Å². The average Bonchev–Trinajstić information content (AvgIpc) is 2.18. The van der Waals surface area contributed by atoms with Gasteiger partial charge in [-0.15, -0.1) is 0 Å². The summed E-state index contributed by atoms with van der Waals surface area (Å²) in [7, 11) is 0. The molecule has 0 heterocycles. The van der Waals surface area contributed by atoms with Gasteiger partial charge in [0.2, 0.25) is 0 Å². The van der Waals surface area contributed by atoms with E-state index in [2.05, 4.69) is 5.32 Å². The number of nitrogens with one attached hydrogen (secondary N) is 1. The number of rotatable bonds is 3. The summed E-state index contributed by atoms with van der Waals surface area (Å²) in [6.07, 6.45) is 3.49. The second-order valence-corrected chi connectivity index (χ2v) is 7.66. The standard InChI is InChI=1S/C10H14AsNO6/c1-6(13)10(12-7(2)14)8(11(16,17)18)4-3-5-9(10)15/h3-5,8,15H,1-2H3,(H,12,14)(H2,16,17,18)/t8-,10?/m1/s1. The SMILES string of the molecule is CC(=O)NC1(C(C)=O)C(O)=CC=C[C@H]1[As](=O)(O)O. The molecule has 0 aromatic rings. The minimum absolute atomic E-state index is 0.581. The number of ketones is 1. The fourth-order valence-electron chi connectivity index (χ4n) is 1.94. The van der Waals surface area contributed by atoms with Gasteiger partial charge in [-0.2, -0.15) is 0 Å². The summed E-state index contributed by atoms with van der Waals surface area (Å²) in [6.45, 7) is 2.15. The Labute approximate surface area is 106 Å². The fourth-order valence-corrected chi connectivity index (χ4v) is 4.47. The van der Waals surface area contributed by atoms with Crippen LogP contribution in [-0.2, 0) is 13.3 Å². The van der Waals surface area contributed by atoms with E-state index in [-0.39, 0.29) is 0 Å². The molecule has 2 atom stereocenters. The van der Waals surface area contributed by atoms with Crippen LogP contribution in [0, 0.1) is 0 Å².